The van der Waals surface area contributed by atoms with Crippen molar-refractivity contribution in [1.82, 2.24) is 4.31 Å². The Labute approximate surface area is 86.0 Å². The Morgan fingerprint density at radius 2 is 2.00 bits per heavy atom. The predicted molar refractivity (Wildman–Crippen MR) is 54.5 cm³/mol. The number of hydrogen-bond acceptors (Lipinski definition) is 4. The fraction of sp³-hybridized carbons (Fsp3) is 1.00. The minimum atomic E-state index is -3.12. The molecule has 0 aliphatic rings. The molecule has 0 spiro atoms. The summed E-state index contributed by atoms with van der Waals surface area (Å²) in [7, 11) is -0.0419. The van der Waals surface area contributed by atoms with Gasteiger partial charge in [-0.05, 0) is 13.8 Å². The molecule has 0 saturated heterocycles. The van der Waals surface area contributed by atoms with Gasteiger partial charge in [-0.25, -0.2) is 8.42 Å². The lowest BCUT2D eigenvalue weighted by Crippen LogP contribution is -2.39. The fourth-order valence-corrected chi connectivity index (χ4v) is 1.90. The summed E-state index contributed by atoms with van der Waals surface area (Å²) < 4.78 is 33.9. The van der Waals surface area contributed by atoms with Crippen LogP contribution >= 0.6 is 0 Å². The smallest absolute Gasteiger partial charge is 0.213 e. The topological polar surface area (TPSA) is 55.8 Å². The fourth-order valence-electron chi connectivity index (χ4n) is 0.885. The molecule has 5 nitrogen and oxygen atoms in total. The van der Waals surface area contributed by atoms with Crippen LogP contribution in [0.4, 0.5) is 0 Å². The molecule has 14 heavy (non-hydrogen) atoms. The minimum Gasteiger partial charge on any atom is -0.359 e. The highest BCUT2D eigenvalue weighted by Crippen LogP contribution is 2.04. The molecule has 6 heteroatoms. The molecule has 0 fully saturated rings. The number of rotatable bonds is 7. The molecule has 0 aromatic heterocycles. The van der Waals surface area contributed by atoms with Crippen molar-refractivity contribution in [3.63, 3.8) is 0 Å². The van der Waals surface area contributed by atoms with E-state index in [4.69, 9.17) is 9.47 Å². The van der Waals surface area contributed by atoms with Crippen molar-refractivity contribution < 1.29 is 17.9 Å². The Morgan fingerprint density at radius 3 is 2.43 bits per heavy atom. The second-order valence-electron chi connectivity index (χ2n) is 3.04. The van der Waals surface area contributed by atoms with Gasteiger partial charge in [0.1, 0.15) is 6.79 Å². The maximum absolute atomic E-state index is 11.4. The van der Waals surface area contributed by atoms with Crippen molar-refractivity contribution in [1.29, 1.82) is 0 Å². The van der Waals surface area contributed by atoms with E-state index < -0.39 is 10.0 Å². The molecule has 1 unspecified atom stereocenters. The van der Waals surface area contributed by atoms with Gasteiger partial charge in [-0.1, -0.05) is 0 Å². The molecular formula is C8H19NO4S. The zero-order valence-corrected chi connectivity index (χ0v) is 10.0. The monoisotopic (exact) mass is 225 g/mol. The van der Waals surface area contributed by atoms with Crippen LogP contribution in [0.3, 0.4) is 0 Å². The molecule has 0 aromatic carbocycles. The molecule has 0 amide bonds. The van der Waals surface area contributed by atoms with Crippen molar-refractivity contribution in [2.24, 2.45) is 0 Å². The number of hydrogen-bond donors (Lipinski definition) is 0. The maximum atomic E-state index is 11.4. The number of sulfonamides is 1. The van der Waals surface area contributed by atoms with Gasteiger partial charge in [0, 0.05) is 20.2 Å². The van der Waals surface area contributed by atoms with Crippen molar-refractivity contribution in [3.8, 4) is 0 Å². The molecule has 0 heterocycles. The first-order valence-corrected chi connectivity index (χ1v) is 6.09. The molecule has 86 valence electrons. The van der Waals surface area contributed by atoms with E-state index in [1.165, 1.54) is 11.4 Å². The summed E-state index contributed by atoms with van der Waals surface area (Å²) in [5.74, 6) is 0.109. The highest BCUT2D eigenvalue weighted by molar-refractivity contribution is 7.89. The highest BCUT2D eigenvalue weighted by atomic mass is 32.2. The third-order valence-electron chi connectivity index (χ3n) is 1.98. The first kappa shape index (κ1) is 13.8. The van der Waals surface area contributed by atoms with Crippen LogP contribution in [0.2, 0.25) is 0 Å². The molecule has 1 atom stereocenters. The van der Waals surface area contributed by atoms with Gasteiger partial charge in [-0.3, -0.25) is 0 Å². The van der Waals surface area contributed by atoms with E-state index in [1.54, 1.807) is 20.9 Å². The van der Waals surface area contributed by atoms with Gasteiger partial charge < -0.3 is 9.47 Å². The summed E-state index contributed by atoms with van der Waals surface area (Å²) in [6, 6.07) is -0.171. The number of likely N-dealkylation sites (N-methyl/N-ethyl adjacent to an activating group) is 1. The molecule has 0 radical (unpaired) electrons. The summed E-state index contributed by atoms with van der Waals surface area (Å²) in [5, 5.41) is 0. The van der Waals surface area contributed by atoms with E-state index in [1.807, 2.05) is 0 Å². The van der Waals surface area contributed by atoms with E-state index in [0.717, 1.165) is 0 Å². The molecule has 0 bridgehead atoms. The third-order valence-corrected chi connectivity index (χ3v) is 3.95. The predicted octanol–water partition coefficient (Wildman–Crippen LogP) is 0.277. The third kappa shape index (κ3) is 4.36. The Morgan fingerprint density at radius 1 is 1.43 bits per heavy atom. The maximum Gasteiger partial charge on any atom is 0.213 e. The van der Waals surface area contributed by atoms with Gasteiger partial charge in [-0.2, -0.15) is 4.31 Å². The lowest BCUT2D eigenvalue weighted by molar-refractivity contribution is -0.0411. The quantitative estimate of drug-likeness (QED) is 0.461. The van der Waals surface area contributed by atoms with Crippen LogP contribution in [-0.4, -0.2) is 52.1 Å². The first-order valence-electron chi connectivity index (χ1n) is 4.48. The van der Waals surface area contributed by atoms with Crippen molar-refractivity contribution in [2.45, 2.75) is 19.9 Å². The van der Waals surface area contributed by atoms with Crippen LogP contribution in [0.25, 0.3) is 0 Å². The van der Waals surface area contributed by atoms with Gasteiger partial charge in [0.25, 0.3) is 0 Å². The molecular weight excluding hydrogens is 206 g/mol. The second-order valence-corrected chi connectivity index (χ2v) is 5.36. The van der Waals surface area contributed by atoms with Crippen molar-refractivity contribution >= 4 is 10.0 Å². The van der Waals surface area contributed by atoms with E-state index in [-0.39, 0.29) is 18.6 Å². The van der Waals surface area contributed by atoms with Gasteiger partial charge in [-0.15, -0.1) is 0 Å². The summed E-state index contributed by atoms with van der Waals surface area (Å²) in [5.41, 5.74) is 0. The molecule has 0 aliphatic carbocycles. The summed E-state index contributed by atoms with van der Waals surface area (Å²) in [6.45, 7) is 3.94. The van der Waals surface area contributed by atoms with Crippen LogP contribution in [0, 0.1) is 0 Å². The summed E-state index contributed by atoms with van der Waals surface area (Å²) in [4.78, 5) is 0. The van der Waals surface area contributed by atoms with Crippen LogP contribution in [0.15, 0.2) is 0 Å². The number of methoxy groups -OCH3 is 1. The van der Waals surface area contributed by atoms with E-state index >= 15 is 0 Å². The molecule has 0 aromatic rings. The average Bonchev–Trinajstić information content (AvgIpc) is 2.17. The summed E-state index contributed by atoms with van der Waals surface area (Å²) >= 11 is 0. The average molecular weight is 225 g/mol. The largest absolute Gasteiger partial charge is 0.359 e. The SMILES string of the molecule is CCS(=O)(=O)N(C)C(C)COCOC. The van der Waals surface area contributed by atoms with Crippen molar-refractivity contribution in [2.75, 3.05) is 33.3 Å². The molecule has 0 rings (SSSR count). The van der Waals surface area contributed by atoms with E-state index in [0.29, 0.717) is 6.61 Å². The highest BCUT2D eigenvalue weighted by Gasteiger charge is 2.20. The minimum absolute atomic E-state index is 0.109. The lowest BCUT2D eigenvalue weighted by Gasteiger charge is -2.23. The standard InChI is InChI=1S/C8H19NO4S/c1-5-14(10,11)9(3)8(2)6-13-7-12-4/h8H,5-7H2,1-4H3. The van der Waals surface area contributed by atoms with E-state index in [2.05, 4.69) is 0 Å². The lowest BCUT2D eigenvalue weighted by atomic mass is 10.4. The Balaban J connectivity index is 4.05. The molecule has 0 saturated carbocycles. The normalized spacial score (nSPS) is 14.6. The summed E-state index contributed by atoms with van der Waals surface area (Å²) in [6.07, 6.45) is 0. The van der Waals surface area contributed by atoms with Gasteiger partial charge in [0.15, 0.2) is 0 Å². The zero-order chi connectivity index (χ0) is 11.2. The van der Waals surface area contributed by atoms with Crippen LogP contribution in [0.5, 0.6) is 0 Å². The second kappa shape index (κ2) is 6.34. The van der Waals surface area contributed by atoms with Crippen LogP contribution < -0.4 is 0 Å². The van der Waals surface area contributed by atoms with Crippen molar-refractivity contribution in [3.05, 3.63) is 0 Å². The Hall–Kier alpha value is -0.170. The Kier molecular flexibility index (Phi) is 6.26. The van der Waals surface area contributed by atoms with Gasteiger partial charge in [0.05, 0.1) is 12.4 Å². The number of ether oxygens (including phenoxy) is 2. The van der Waals surface area contributed by atoms with Crippen LogP contribution in [0.1, 0.15) is 13.8 Å². The molecule has 0 aliphatic heterocycles. The van der Waals surface area contributed by atoms with Gasteiger partial charge >= 0.3 is 0 Å². The molecule has 0 N–H and O–H groups in total. The first-order chi connectivity index (χ1) is 6.45. The van der Waals surface area contributed by atoms with E-state index in [9.17, 15) is 8.42 Å². The van der Waals surface area contributed by atoms with Gasteiger partial charge in [0.2, 0.25) is 10.0 Å². The Bertz CT molecular complexity index is 240. The zero-order valence-electron chi connectivity index (χ0n) is 9.19. The number of nitrogens with zero attached hydrogens (tertiary/aromatic N) is 1. The van der Waals surface area contributed by atoms with Crippen LogP contribution in [-0.2, 0) is 19.5 Å².